The number of carboxylic acid groups (broad SMARTS) is 1. The molecule has 0 fully saturated rings. The second-order valence-electron chi connectivity index (χ2n) is 3.17. The van der Waals surface area contributed by atoms with E-state index in [2.05, 4.69) is 4.98 Å². The van der Waals surface area contributed by atoms with Crippen LogP contribution >= 0.6 is 11.3 Å². The van der Waals surface area contributed by atoms with E-state index in [1.54, 1.807) is 5.51 Å². The van der Waals surface area contributed by atoms with Crippen LogP contribution in [0, 0.1) is 0 Å². The van der Waals surface area contributed by atoms with Gasteiger partial charge in [0.1, 0.15) is 0 Å². The third-order valence-electron chi connectivity index (χ3n) is 2.06. The van der Waals surface area contributed by atoms with Crippen molar-refractivity contribution >= 4 is 17.3 Å². The lowest BCUT2D eigenvalue weighted by Crippen LogP contribution is -2.20. The van der Waals surface area contributed by atoms with Crippen molar-refractivity contribution in [2.75, 3.05) is 0 Å². The molecule has 0 saturated heterocycles. The number of aromatic nitrogens is 2. The molecule has 0 aliphatic heterocycles. The van der Waals surface area contributed by atoms with Gasteiger partial charge in [-0.2, -0.15) is 0 Å². The molecule has 0 unspecified atom stereocenters. The molecule has 2 rings (SSSR count). The minimum absolute atomic E-state index is 0.000437. The van der Waals surface area contributed by atoms with Gasteiger partial charge in [-0.1, -0.05) is 0 Å². The molecule has 0 spiro atoms. The molecule has 0 aliphatic carbocycles. The highest BCUT2D eigenvalue weighted by Crippen LogP contribution is 2.03. The zero-order valence-electron chi connectivity index (χ0n) is 8.16. The molecule has 2 heterocycles. The van der Waals surface area contributed by atoms with E-state index in [0.717, 1.165) is 11.8 Å². The number of nitrogens with zero attached hydrogens (tertiary/aromatic N) is 2. The lowest BCUT2D eigenvalue weighted by molar-refractivity contribution is 0.0696. The predicted octanol–water partition coefficient (Wildman–Crippen LogP) is 1.05. The fourth-order valence-corrected chi connectivity index (χ4v) is 1.81. The minimum atomic E-state index is -1.10. The van der Waals surface area contributed by atoms with Gasteiger partial charge in [-0.05, 0) is 6.07 Å². The van der Waals surface area contributed by atoms with Crippen molar-refractivity contribution in [3.8, 4) is 0 Å². The molecule has 0 atom stereocenters. The average Bonchev–Trinajstić information content (AvgIpc) is 2.73. The summed E-state index contributed by atoms with van der Waals surface area (Å²) < 4.78 is 1.42. The van der Waals surface area contributed by atoms with Crippen LogP contribution in [-0.2, 0) is 6.54 Å². The first-order chi connectivity index (χ1) is 7.66. The highest BCUT2D eigenvalue weighted by Gasteiger charge is 2.05. The van der Waals surface area contributed by atoms with Gasteiger partial charge in [-0.15, -0.1) is 11.3 Å². The molecule has 0 bridgehead atoms. The van der Waals surface area contributed by atoms with E-state index < -0.39 is 5.97 Å². The van der Waals surface area contributed by atoms with Crippen LogP contribution in [0.5, 0.6) is 0 Å². The highest BCUT2D eigenvalue weighted by atomic mass is 32.1. The van der Waals surface area contributed by atoms with E-state index in [0.29, 0.717) is 6.54 Å². The Bertz CT molecular complexity index is 560. The van der Waals surface area contributed by atoms with Crippen molar-refractivity contribution in [3.05, 3.63) is 50.8 Å². The first-order valence-corrected chi connectivity index (χ1v) is 5.42. The van der Waals surface area contributed by atoms with Gasteiger partial charge >= 0.3 is 5.97 Å². The standard InChI is InChI=1S/C10H8N2O3S/c13-9-3-7(10(14)15)1-2-12(9)4-8-5-16-6-11-8/h1-3,5-6H,4H2,(H,14,15). The van der Waals surface area contributed by atoms with Crippen LogP contribution in [0.1, 0.15) is 16.1 Å². The summed E-state index contributed by atoms with van der Waals surface area (Å²) in [6.07, 6.45) is 1.46. The van der Waals surface area contributed by atoms with Crippen LogP contribution in [0.4, 0.5) is 0 Å². The number of thiazole rings is 1. The van der Waals surface area contributed by atoms with E-state index in [-0.39, 0.29) is 11.1 Å². The van der Waals surface area contributed by atoms with Crippen molar-refractivity contribution in [3.63, 3.8) is 0 Å². The topological polar surface area (TPSA) is 72.2 Å². The Morgan fingerprint density at radius 3 is 2.94 bits per heavy atom. The lowest BCUT2D eigenvalue weighted by atomic mass is 10.2. The normalized spacial score (nSPS) is 10.2. The van der Waals surface area contributed by atoms with Crippen LogP contribution < -0.4 is 5.56 Å². The van der Waals surface area contributed by atoms with Crippen LogP contribution in [0.3, 0.4) is 0 Å². The average molecular weight is 236 g/mol. The molecular weight excluding hydrogens is 228 g/mol. The number of hydrogen-bond donors (Lipinski definition) is 1. The van der Waals surface area contributed by atoms with Crippen molar-refractivity contribution in [2.45, 2.75) is 6.54 Å². The molecule has 0 aliphatic rings. The zero-order valence-corrected chi connectivity index (χ0v) is 8.98. The Labute approximate surface area is 94.6 Å². The van der Waals surface area contributed by atoms with Crippen molar-refractivity contribution in [2.24, 2.45) is 0 Å². The molecule has 1 N–H and O–H groups in total. The zero-order chi connectivity index (χ0) is 11.5. The van der Waals surface area contributed by atoms with Crippen LogP contribution in [0.25, 0.3) is 0 Å². The number of carboxylic acids is 1. The van der Waals surface area contributed by atoms with Gasteiger partial charge < -0.3 is 9.67 Å². The molecule has 0 saturated carbocycles. The van der Waals surface area contributed by atoms with Gasteiger partial charge in [0.25, 0.3) is 5.56 Å². The second-order valence-corrected chi connectivity index (χ2v) is 3.89. The van der Waals surface area contributed by atoms with Crippen LogP contribution in [0.15, 0.2) is 34.0 Å². The smallest absolute Gasteiger partial charge is 0.335 e. The Hall–Kier alpha value is -1.95. The summed E-state index contributed by atoms with van der Waals surface area (Å²) in [5.74, 6) is -1.10. The molecule has 0 amide bonds. The molecule has 2 aromatic rings. The van der Waals surface area contributed by atoms with E-state index >= 15 is 0 Å². The van der Waals surface area contributed by atoms with Crippen molar-refractivity contribution in [1.82, 2.24) is 9.55 Å². The van der Waals surface area contributed by atoms with Gasteiger partial charge in [0.15, 0.2) is 0 Å². The molecule has 2 aromatic heterocycles. The summed E-state index contributed by atoms with van der Waals surface area (Å²) in [6.45, 7) is 0.363. The SMILES string of the molecule is O=C(O)c1ccn(Cc2cscn2)c(=O)c1. The maximum absolute atomic E-state index is 11.5. The lowest BCUT2D eigenvalue weighted by Gasteiger charge is -2.03. The van der Waals surface area contributed by atoms with E-state index in [9.17, 15) is 9.59 Å². The van der Waals surface area contributed by atoms with Crippen LogP contribution in [0.2, 0.25) is 0 Å². The van der Waals surface area contributed by atoms with Crippen LogP contribution in [-0.4, -0.2) is 20.6 Å². The van der Waals surface area contributed by atoms with Gasteiger partial charge in [0.2, 0.25) is 0 Å². The number of hydrogen-bond acceptors (Lipinski definition) is 4. The third-order valence-corrected chi connectivity index (χ3v) is 2.69. The molecule has 16 heavy (non-hydrogen) atoms. The monoisotopic (exact) mass is 236 g/mol. The fraction of sp³-hybridized carbons (Fsp3) is 0.100. The maximum Gasteiger partial charge on any atom is 0.335 e. The number of rotatable bonds is 3. The van der Waals surface area contributed by atoms with E-state index in [1.165, 1.54) is 28.2 Å². The summed E-state index contributed by atoms with van der Waals surface area (Å²) >= 11 is 1.45. The number of pyridine rings is 1. The Morgan fingerprint density at radius 1 is 1.56 bits per heavy atom. The summed E-state index contributed by atoms with van der Waals surface area (Å²) in [4.78, 5) is 26.2. The van der Waals surface area contributed by atoms with Gasteiger partial charge in [-0.25, -0.2) is 9.78 Å². The largest absolute Gasteiger partial charge is 0.478 e. The van der Waals surface area contributed by atoms with Crippen molar-refractivity contribution < 1.29 is 9.90 Å². The molecule has 0 aromatic carbocycles. The van der Waals surface area contributed by atoms with E-state index in [1.807, 2.05) is 5.38 Å². The first kappa shape index (κ1) is 10.6. The molecule has 0 radical (unpaired) electrons. The fourth-order valence-electron chi connectivity index (χ4n) is 1.26. The van der Waals surface area contributed by atoms with Gasteiger partial charge in [-0.3, -0.25) is 4.79 Å². The molecular formula is C10H8N2O3S. The molecule has 5 nitrogen and oxygen atoms in total. The Morgan fingerprint density at radius 2 is 2.38 bits per heavy atom. The highest BCUT2D eigenvalue weighted by molar-refractivity contribution is 7.07. The summed E-state index contributed by atoms with van der Waals surface area (Å²) in [6, 6.07) is 2.50. The minimum Gasteiger partial charge on any atom is -0.478 e. The molecule has 6 heteroatoms. The van der Waals surface area contributed by atoms with Crippen molar-refractivity contribution in [1.29, 1.82) is 0 Å². The number of aromatic carboxylic acids is 1. The first-order valence-electron chi connectivity index (χ1n) is 4.47. The Kier molecular flexibility index (Phi) is 2.82. The summed E-state index contributed by atoms with van der Waals surface area (Å²) in [5.41, 5.74) is 2.13. The maximum atomic E-state index is 11.5. The predicted molar refractivity (Wildman–Crippen MR) is 58.9 cm³/mol. The molecule has 82 valence electrons. The van der Waals surface area contributed by atoms with Gasteiger partial charge in [0.05, 0.1) is 23.3 Å². The second kappa shape index (κ2) is 4.28. The Balaban J connectivity index is 2.30. The summed E-state index contributed by atoms with van der Waals surface area (Å²) in [7, 11) is 0. The van der Waals surface area contributed by atoms with Gasteiger partial charge in [0, 0.05) is 17.6 Å². The summed E-state index contributed by atoms with van der Waals surface area (Å²) in [5, 5.41) is 10.5. The van der Waals surface area contributed by atoms with E-state index in [4.69, 9.17) is 5.11 Å². The third kappa shape index (κ3) is 2.17. The quantitative estimate of drug-likeness (QED) is 0.864. The number of carbonyl (C=O) groups is 1.